The van der Waals surface area contributed by atoms with E-state index in [-0.39, 0.29) is 0 Å². The number of piperazine rings is 1. The van der Waals surface area contributed by atoms with Gasteiger partial charge in [-0.3, -0.25) is 0 Å². The van der Waals surface area contributed by atoms with Crippen molar-refractivity contribution in [3.05, 3.63) is 27.7 Å². The Balaban J connectivity index is 2.00. The highest BCUT2D eigenvalue weighted by molar-refractivity contribution is 9.10. The number of benzene rings is 1. The third kappa shape index (κ3) is 3.21. The molecule has 1 fully saturated rings. The van der Waals surface area contributed by atoms with Crippen LogP contribution >= 0.6 is 15.9 Å². The highest BCUT2D eigenvalue weighted by Crippen LogP contribution is 2.30. The van der Waals surface area contributed by atoms with E-state index in [1.54, 1.807) is 0 Å². The summed E-state index contributed by atoms with van der Waals surface area (Å²) in [5.41, 5.74) is 2.23. The van der Waals surface area contributed by atoms with Gasteiger partial charge in [0.05, 0.1) is 4.47 Å². The molecule has 1 saturated heterocycles. The predicted molar refractivity (Wildman–Crippen MR) is 73.6 cm³/mol. The Kier molecular flexibility index (Phi) is 4.42. The second-order valence-corrected chi connectivity index (χ2v) is 5.39. The smallest absolute Gasteiger partial charge is 0.133 e. The zero-order chi connectivity index (χ0) is 12.3. The summed E-state index contributed by atoms with van der Waals surface area (Å²) in [5.74, 6) is 0.403. The molecule has 0 aliphatic carbocycles. The van der Waals surface area contributed by atoms with E-state index in [4.69, 9.17) is 0 Å². The van der Waals surface area contributed by atoms with Gasteiger partial charge < -0.3 is 15.3 Å². The fraction of sp³-hybridized carbons (Fsp3) is 0.538. The molecule has 1 aliphatic rings. The first-order valence-electron chi connectivity index (χ1n) is 6.08. The standard InChI is InChI=1S/C13H19BrN2O/c1-10-2-3-12(14)13(17)11(10)4-7-16-8-5-15-6-9-16/h2-3,15,17H,4-9H2,1H3. The number of rotatable bonds is 3. The van der Waals surface area contributed by atoms with Crippen molar-refractivity contribution < 1.29 is 5.11 Å². The molecule has 17 heavy (non-hydrogen) atoms. The number of nitrogens with one attached hydrogen (secondary N) is 1. The summed E-state index contributed by atoms with van der Waals surface area (Å²) < 4.78 is 0.790. The van der Waals surface area contributed by atoms with Crippen molar-refractivity contribution in [1.29, 1.82) is 0 Å². The van der Waals surface area contributed by atoms with Crippen molar-refractivity contribution in [3.63, 3.8) is 0 Å². The van der Waals surface area contributed by atoms with Gasteiger partial charge in [0.25, 0.3) is 0 Å². The molecule has 2 N–H and O–H groups in total. The maximum Gasteiger partial charge on any atom is 0.133 e. The minimum absolute atomic E-state index is 0.403. The van der Waals surface area contributed by atoms with E-state index in [9.17, 15) is 5.11 Å². The monoisotopic (exact) mass is 298 g/mol. The molecule has 0 spiro atoms. The lowest BCUT2D eigenvalue weighted by atomic mass is 10.0. The van der Waals surface area contributed by atoms with Crippen LogP contribution in [0.3, 0.4) is 0 Å². The van der Waals surface area contributed by atoms with Gasteiger partial charge in [-0.05, 0) is 46.5 Å². The van der Waals surface area contributed by atoms with Crippen LogP contribution in [0.4, 0.5) is 0 Å². The molecule has 0 bridgehead atoms. The number of hydrogen-bond donors (Lipinski definition) is 2. The molecule has 0 unspecified atom stereocenters. The molecule has 1 aromatic rings. The summed E-state index contributed by atoms with van der Waals surface area (Å²) in [6.45, 7) is 7.43. The lowest BCUT2D eigenvalue weighted by Crippen LogP contribution is -2.44. The highest BCUT2D eigenvalue weighted by atomic mass is 79.9. The average Bonchev–Trinajstić information content (AvgIpc) is 2.35. The van der Waals surface area contributed by atoms with Gasteiger partial charge in [-0.15, -0.1) is 0 Å². The van der Waals surface area contributed by atoms with Crippen LogP contribution < -0.4 is 5.32 Å². The molecule has 0 aromatic heterocycles. The Morgan fingerprint density at radius 1 is 1.35 bits per heavy atom. The number of hydrogen-bond acceptors (Lipinski definition) is 3. The molecule has 0 radical (unpaired) electrons. The van der Waals surface area contributed by atoms with Gasteiger partial charge in [-0.2, -0.15) is 0 Å². The van der Waals surface area contributed by atoms with Crippen molar-refractivity contribution in [1.82, 2.24) is 10.2 Å². The molecule has 0 atom stereocenters. The first-order chi connectivity index (χ1) is 8.18. The van der Waals surface area contributed by atoms with E-state index in [2.05, 4.69) is 39.1 Å². The molecule has 0 saturated carbocycles. The summed E-state index contributed by atoms with van der Waals surface area (Å²) in [4.78, 5) is 2.44. The van der Waals surface area contributed by atoms with Gasteiger partial charge in [0.15, 0.2) is 0 Å². The Morgan fingerprint density at radius 3 is 2.76 bits per heavy atom. The van der Waals surface area contributed by atoms with E-state index in [1.165, 1.54) is 5.56 Å². The van der Waals surface area contributed by atoms with Crippen LogP contribution in [0.25, 0.3) is 0 Å². The second-order valence-electron chi connectivity index (χ2n) is 4.53. The van der Waals surface area contributed by atoms with Gasteiger partial charge in [-0.1, -0.05) is 6.07 Å². The summed E-state index contributed by atoms with van der Waals surface area (Å²) in [5, 5.41) is 13.4. The fourth-order valence-electron chi connectivity index (χ4n) is 2.23. The van der Waals surface area contributed by atoms with Crippen molar-refractivity contribution in [2.45, 2.75) is 13.3 Å². The Morgan fingerprint density at radius 2 is 2.06 bits per heavy atom. The van der Waals surface area contributed by atoms with Crippen LogP contribution in [-0.4, -0.2) is 42.7 Å². The lowest BCUT2D eigenvalue weighted by molar-refractivity contribution is 0.243. The third-order valence-electron chi connectivity index (χ3n) is 3.36. The molecule has 0 amide bonds. The topological polar surface area (TPSA) is 35.5 Å². The molecule has 4 heteroatoms. The number of halogens is 1. The fourth-order valence-corrected chi connectivity index (χ4v) is 2.60. The van der Waals surface area contributed by atoms with Crippen LogP contribution in [-0.2, 0) is 6.42 Å². The number of phenolic OH excluding ortho intramolecular Hbond substituents is 1. The largest absolute Gasteiger partial charge is 0.506 e. The molecule has 1 aromatic carbocycles. The number of phenols is 1. The highest BCUT2D eigenvalue weighted by Gasteiger charge is 2.13. The lowest BCUT2D eigenvalue weighted by Gasteiger charge is -2.27. The van der Waals surface area contributed by atoms with Crippen molar-refractivity contribution >= 4 is 15.9 Å². The molecular formula is C13H19BrN2O. The first kappa shape index (κ1) is 12.9. The molecule has 3 nitrogen and oxygen atoms in total. The van der Waals surface area contributed by atoms with Crippen molar-refractivity contribution in [2.75, 3.05) is 32.7 Å². The zero-order valence-corrected chi connectivity index (χ0v) is 11.8. The molecular weight excluding hydrogens is 280 g/mol. The van der Waals surface area contributed by atoms with Gasteiger partial charge >= 0.3 is 0 Å². The van der Waals surface area contributed by atoms with Crippen LogP contribution in [0.5, 0.6) is 5.75 Å². The van der Waals surface area contributed by atoms with Crippen LogP contribution in [0.1, 0.15) is 11.1 Å². The van der Waals surface area contributed by atoms with E-state index in [0.717, 1.165) is 49.2 Å². The van der Waals surface area contributed by atoms with Crippen LogP contribution in [0, 0.1) is 6.92 Å². The molecule has 94 valence electrons. The maximum atomic E-state index is 10.0. The van der Waals surface area contributed by atoms with E-state index in [0.29, 0.717) is 5.75 Å². The first-order valence-corrected chi connectivity index (χ1v) is 6.88. The number of aromatic hydroxyl groups is 1. The van der Waals surface area contributed by atoms with Crippen LogP contribution in [0.2, 0.25) is 0 Å². The van der Waals surface area contributed by atoms with Gasteiger partial charge in [0.1, 0.15) is 5.75 Å². The van der Waals surface area contributed by atoms with E-state index in [1.807, 2.05) is 6.07 Å². The molecule has 2 rings (SSSR count). The van der Waals surface area contributed by atoms with Crippen molar-refractivity contribution in [2.24, 2.45) is 0 Å². The number of nitrogens with zero attached hydrogens (tertiary/aromatic N) is 1. The number of aryl methyl sites for hydroxylation is 1. The van der Waals surface area contributed by atoms with E-state index < -0.39 is 0 Å². The zero-order valence-electron chi connectivity index (χ0n) is 10.2. The minimum Gasteiger partial charge on any atom is -0.506 e. The summed E-state index contributed by atoms with van der Waals surface area (Å²) >= 11 is 3.37. The quantitative estimate of drug-likeness (QED) is 0.895. The summed E-state index contributed by atoms with van der Waals surface area (Å²) in [6, 6.07) is 3.95. The molecule has 1 aliphatic heterocycles. The van der Waals surface area contributed by atoms with Gasteiger partial charge in [0.2, 0.25) is 0 Å². The Bertz CT molecular complexity index is 389. The Hall–Kier alpha value is -0.580. The minimum atomic E-state index is 0.403. The summed E-state index contributed by atoms with van der Waals surface area (Å²) in [7, 11) is 0. The Labute approximate surface area is 111 Å². The third-order valence-corrected chi connectivity index (χ3v) is 4.00. The van der Waals surface area contributed by atoms with E-state index >= 15 is 0 Å². The molecule has 1 heterocycles. The summed E-state index contributed by atoms with van der Waals surface area (Å²) in [6.07, 6.45) is 0.914. The average molecular weight is 299 g/mol. The SMILES string of the molecule is Cc1ccc(Br)c(O)c1CCN1CCNCC1. The van der Waals surface area contributed by atoms with Gasteiger partial charge in [0, 0.05) is 32.7 Å². The van der Waals surface area contributed by atoms with Gasteiger partial charge in [-0.25, -0.2) is 0 Å². The van der Waals surface area contributed by atoms with Crippen molar-refractivity contribution in [3.8, 4) is 5.75 Å². The van der Waals surface area contributed by atoms with Crippen LogP contribution in [0.15, 0.2) is 16.6 Å². The normalized spacial score (nSPS) is 17.3. The predicted octanol–water partition coefficient (Wildman–Crippen LogP) is 1.91. The maximum absolute atomic E-state index is 10.0. The second kappa shape index (κ2) is 5.85.